The minimum absolute atomic E-state index is 0.0591. The van der Waals surface area contributed by atoms with E-state index in [1.54, 1.807) is 0 Å². The van der Waals surface area contributed by atoms with Gasteiger partial charge in [-0.05, 0) is 83.1 Å². The van der Waals surface area contributed by atoms with Crippen LogP contribution >= 0.6 is 0 Å². The highest BCUT2D eigenvalue weighted by Gasteiger charge is 2.49. The Balaban J connectivity index is 1.52. The number of rotatable bonds is 8. The Morgan fingerprint density at radius 3 is 2.50 bits per heavy atom. The highest BCUT2D eigenvalue weighted by molar-refractivity contribution is 5.96. The second-order valence-electron chi connectivity index (χ2n) is 11.9. The first kappa shape index (κ1) is 27.0. The number of aromatic nitrogens is 1. The second-order valence-corrected chi connectivity index (χ2v) is 11.9. The molecule has 2 aromatic rings. The topological polar surface area (TPSA) is 82.1 Å². The number of ether oxygens (including phenoxy) is 1. The summed E-state index contributed by atoms with van der Waals surface area (Å²) in [5, 5.41) is 7.01. The molecule has 9 heteroatoms. The van der Waals surface area contributed by atoms with Gasteiger partial charge in [0, 0.05) is 62.3 Å². The molecular formula is C29H44N6O3. The number of fused-ring (bicyclic) bond motifs is 4. The fourth-order valence-corrected chi connectivity index (χ4v) is 7.10. The fraction of sp³-hybridized carbons (Fsp3) is 0.655. The van der Waals surface area contributed by atoms with Crippen molar-refractivity contribution in [2.75, 3.05) is 67.5 Å². The van der Waals surface area contributed by atoms with Gasteiger partial charge in [0.25, 0.3) is 0 Å². The third-order valence-electron chi connectivity index (χ3n) is 8.72. The van der Waals surface area contributed by atoms with E-state index >= 15 is 0 Å². The standard InChI is InChI=1S/C29H44N6O3/c1-6-20-15-19-16-24-26(20)34(18-19)12-9-22-23-17-21(38-29(37)31-11-14-33(4)5)7-8-25(23)35(27(22)24)28(36)30-10-13-32(2)3/h7-8,17,19-20,24,26H,6,9-16,18H2,1-5H3,(H,30,36)(H,31,37)/t19-,20+,24-,26+/m1/s1. The number of carbonyl (C=O) groups is 2. The van der Waals surface area contributed by atoms with Gasteiger partial charge in [0.15, 0.2) is 0 Å². The maximum Gasteiger partial charge on any atom is 0.412 e. The average Bonchev–Trinajstić information content (AvgIpc) is 3.14. The lowest BCUT2D eigenvalue weighted by molar-refractivity contribution is -0.0138. The monoisotopic (exact) mass is 524 g/mol. The van der Waals surface area contributed by atoms with Crippen molar-refractivity contribution < 1.29 is 14.3 Å². The quantitative estimate of drug-likeness (QED) is 0.552. The molecule has 1 aromatic heterocycles. The van der Waals surface area contributed by atoms with E-state index in [1.807, 2.05) is 55.9 Å². The van der Waals surface area contributed by atoms with Gasteiger partial charge in [-0.1, -0.05) is 13.3 Å². The molecule has 0 spiro atoms. The van der Waals surface area contributed by atoms with Crippen molar-refractivity contribution in [1.29, 1.82) is 0 Å². The molecule has 1 aromatic carbocycles. The highest BCUT2D eigenvalue weighted by atomic mass is 16.6. The molecule has 9 nitrogen and oxygen atoms in total. The minimum Gasteiger partial charge on any atom is -0.410 e. The van der Waals surface area contributed by atoms with E-state index in [-0.39, 0.29) is 6.03 Å². The first-order chi connectivity index (χ1) is 18.3. The zero-order chi connectivity index (χ0) is 27.0. The van der Waals surface area contributed by atoms with Gasteiger partial charge in [0.2, 0.25) is 0 Å². The van der Waals surface area contributed by atoms with Gasteiger partial charge in [-0.3, -0.25) is 9.47 Å². The van der Waals surface area contributed by atoms with Crippen molar-refractivity contribution in [2.45, 2.75) is 44.6 Å². The molecule has 4 bridgehead atoms. The number of benzene rings is 1. The van der Waals surface area contributed by atoms with E-state index in [4.69, 9.17) is 4.74 Å². The van der Waals surface area contributed by atoms with Gasteiger partial charge in [-0.25, -0.2) is 9.59 Å². The Morgan fingerprint density at radius 2 is 1.79 bits per heavy atom. The van der Waals surface area contributed by atoms with Crippen molar-refractivity contribution in [3.8, 4) is 5.75 Å². The van der Waals surface area contributed by atoms with E-state index < -0.39 is 6.09 Å². The van der Waals surface area contributed by atoms with Crippen molar-refractivity contribution in [2.24, 2.45) is 11.8 Å². The molecule has 3 aliphatic heterocycles. The lowest BCUT2D eigenvalue weighted by atomic mass is 9.65. The smallest absolute Gasteiger partial charge is 0.410 e. The van der Waals surface area contributed by atoms with Crippen LogP contribution in [0.15, 0.2) is 18.2 Å². The molecule has 2 saturated heterocycles. The van der Waals surface area contributed by atoms with E-state index in [9.17, 15) is 9.59 Å². The van der Waals surface area contributed by atoms with E-state index in [0.717, 1.165) is 43.4 Å². The molecule has 1 saturated carbocycles. The van der Waals surface area contributed by atoms with Gasteiger partial charge >= 0.3 is 12.1 Å². The molecular weight excluding hydrogens is 480 g/mol. The Bertz CT molecular complexity index is 1170. The zero-order valence-electron chi connectivity index (χ0n) is 23.6. The largest absolute Gasteiger partial charge is 0.412 e. The zero-order valence-corrected chi connectivity index (χ0v) is 23.6. The maximum absolute atomic E-state index is 13.8. The van der Waals surface area contributed by atoms with Crippen LogP contribution in [0.4, 0.5) is 9.59 Å². The maximum atomic E-state index is 13.8. The summed E-state index contributed by atoms with van der Waals surface area (Å²) in [6.07, 6.45) is 4.07. The Kier molecular flexibility index (Phi) is 7.98. The number of nitrogens with zero attached hydrogens (tertiary/aromatic N) is 4. The highest BCUT2D eigenvalue weighted by Crippen LogP contribution is 2.52. The molecule has 5 atom stereocenters. The van der Waals surface area contributed by atoms with E-state index in [1.165, 1.54) is 30.6 Å². The van der Waals surface area contributed by atoms with Crippen LogP contribution in [0, 0.1) is 11.8 Å². The van der Waals surface area contributed by atoms with Crippen LogP contribution in [-0.2, 0) is 6.42 Å². The summed E-state index contributed by atoms with van der Waals surface area (Å²) in [5.74, 6) is 2.21. The van der Waals surface area contributed by atoms with Crippen LogP contribution in [0.25, 0.3) is 10.9 Å². The van der Waals surface area contributed by atoms with Gasteiger partial charge in [-0.2, -0.15) is 0 Å². The summed E-state index contributed by atoms with van der Waals surface area (Å²) in [6, 6.07) is 6.15. The van der Waals surface area contributed by atoms with Gasteiger partial charge in [-0.15, -0.1) is 0 Å². The molecule has 3 fully saturated rings. The summed E-state index contributed by atoms with van der Waals surface area (Å²) in [7, 11) is 7.96. The van der Waals surface area contributed by atoms with Gasteiger partial charge < -0.3 is 25.2 Å². The first-order valence-electron chi connectivity index (χ1n) is 14.2. The number of hydrogen-bond donors (Lipinski definition) is 2. The molecule has 4 heterocycles. The Morgan fingerprint density at radius 1 is 1.05 bits per heavy atom. The average molecular weight is 525 g/mol. The van der Waals surface area contributed by atoms with Crippen LogP contribution in [0.1, 0.15) is 43.4 Å². The Labute approximate surface area is 226 Å². The predicted molar refractivity (Wildman–Crippen MR) is 150 cm³/mol. The van der Waals surface area contributed by atoms with E-state index in [0.29, 0.717) is 42.6 Å². The summed E-state index contributed by atoms with van der Waals surface area (Å²) >= 11 is 0. The van der Waals surface area contributed by atoms with Gasteiger partial charge in [0.1, 0.15) is 5.75 Å². The van der Waals surface area contributed by atoms with E-state index in [2.05, 4.69) is 27.4 Å². The lowest BCUT2D eigenvalue weighted by Crippen LogP contribution is -2.56. The fourth-order valence-electron chi connectivity index (χ4n) is 7.10. The number of nitrogens with one attached hydrogen (secondary N) is 2. The van der Waals surface area contributed by atoms with Gasteiger partial charge in [0.05, 0.1) is 5.52 Å². The molecule has 1 unspecified atom stereocenters. The molecule has 4 aliphatic rings. The first-order valence-corrected chi connectivity index (χ1v) is 14.2. The molecule has 2 N–H and O–H groups in total. The number of amides is 2. The number of hydrogen-bond acceptors (Lipinski definition) is 6. The molecule has 6 rings (SSSR count). The van der Waals surface area contributed by atoms with Crippen LogP contribution in [0.2, 0.25) is 0 Å². The third kappa shape index (κ3) is 5.28. The van der Waals surface area contributed by atoms with Crippen LogP contribution in [0.3, 0.4) is 0 Å². The summed E-state index contributed by atoms with van der Waals surface area (Å²) in [6.45, 7) is 7.14. The molecule has 1 aliphatic carbocycles. The summed E-state index contributed by atoms with van der Waals surface area (Å²) < 4.78 is 7.62. The SMILES string of the molecule is CC[C@H]1C[C@@H]2C[C@H]3c4c(c5cc(OC(=O)NCCN(C)C)ccc5n4C(=O)NCCN(C)C)CCN(C2)[C@@H]13. The van der Waals surface area contributed by atoms with Crippen molar-refractivity contribution in [3.05, 3.63) is 29.5 Å². The molecule has 2 amide bonds. The van der Waals surface area contributed by atoms with Crippen LogP contribution in [-0.4, -0.2) is 105 Å². The second kappa shape index (κ2) is 11.2. The normalized spacial score (nSPS) is 25.9. The van der Waals surface area contributed by atoms with Crippen molar-refractivity contribution in [3.63, 3.8) is 0 Å². The van der Waals surface area contributed by atoms with Crippen LogP contribution in [0.5, 0.6) is 5.75 Å². The molecule has 208 valence electrons. The Hall–Kier alpha value is -2.62. The molecule has 0 radical (unpaired) electrons. The number of likely N-dealkylation sites (N-methyl/N-ethyl adjacent to an activating group) is 2. The predicted octanol–water partition coefficient (Wildman–Crippen LogP) is 3.17. The lowest BCUT2D eigenvalue weighted by Gasteiger charge is -2.53. The molecule has 38 heavy (non-hydrogen) atoms. The summed E-state index contributed by atoms with van der Waals surface area (Å²) in [4.78, 5) is 33.0. The van der Waals surface area contributed by atoms with Crippen LogP contribution < -0.4 is 15.4 Å². The number of carbonyl (C=O) groups excluding carboxylic acids is 2. The van der Waals surface area contributed by atoms with Crippen molar-refractivity contribution in [1.82, 2.24) is 29.9 Å². The number of piperidine rings is 2. The summed E-state index contributed by atoms with van der Waals surface area (Å²) in [5.41, 5.74) is 3.34. The minimum atomic E-state index is -0.455. The van der Waals surface area contributed by atoms with Crippen molar-refractivity contribution >= 4 is 23.0 Å². The third-order valence-corrected chi connectivity index (χ3v) is 8.72.